The van der Waals surface area contributed by atoms with Crippen LogP contribution in [0.4, 0.5) is 11.4 Å². The first-order valence-corrected chi connectivity index (χ1v) is 8.09. The summed E-state index contributed by atoms with van der Waals surface area (Å²) in [4.78, 5) is 12.1. The minimum absolute atomic E-state index is 0.231. The van der Waals surface area contributed by atoms with Crippen molar-refractivity contribution in [3.8, 4) is 0 Å². The monoisotopic (exact) mass is 288 g/mol. The van der Waals surface area contributed by atoms with Gasteiger partial charge in [0.1, 0.15) is 0 Å². The summed E-state index contributed by atoms with van der Waals surface area (Å²) < 4.78 is 0. The number of rotatable bonds is 5. The van der Waals surface area contributed by atoms with Gasteiger partial charge in [-0.3, -0.25) is 4.79 Å². The molecule has 2 rings (SSSR count). The third kappa shape index (κ3) is 4.76. The number of Topliss-reactive ketones (excluding diaryl/α,β-unsaturated/α-hetero) is 1. The summed E-state index contributed by atoms with van der Waals surface area (Å²) in [5.41, 5.74) is 1.85. The van der Waals surface area contributed by atoms with E-state index < -0.39 is 0 Å². The van der Waals surface area contributed by atoms with Crippen molar-refractivity contribution in [1.82, 2.24) is 0 Å². The molecule has 0 atom stereocenters. The van der Waals surface area contributed by atoms with Crippen molar-refractivity contribution in [3.63, 3.8) is 0 Å². The van der Waals surface area contributed by atoms with Crippen LogP contribution in [0.15, 0.2) is 24.3 Å². The Hall–Kier alpha value is -1.51. The Bertz CT molecular complexity index is 470. The van der Waals surface area contributed by atoms with Crippen molar-refractivity contribution in [3.05, 3.63) is 24.3 Å². The fourth-order valence-electron chi connectivity index (χ4n) is 2.67. The van der Waals surface area contributed by atoms with Crippen LogP contribution in [0.1, 0.15) is 52.9 Å². The third-order valence-corrected chi connectivity index (χ3v) is 4.17. The average Bonchev–Trinajstić information content (AvgIpc) is 2.46. The van der Waals surface area contributed by atoms with Gasteiger partial charge in [-0.25, -0.2) is 0 Å². The molecule has 1 aliphatic carbocycles. The highest BCUT2D eigenvalue weighted by atomic mass is 16.1. The largest absolute Gasteiger partial charge is 0.381 e. The number of para-hydroxylation sites is 2. The zero-order valence-corrected chi connectivity index (χ0v) is 13.5. The summed E-state index contributed by atoms with van der Waals surface area (Å²) in [6, 6.07) is 8.76. The lowest BCUT2D eigenvalue weighted by Crippen LogP contribution is -2.28. The molecule has 1 fully saturated rings. The first kappa shape index (κ1) is 15.9. The van der Waals surface area contributed by atoms with Crippen LogP contribution in [-0.2, 0) is 4.79 Å². The molecule has 0 heterocycles. The first-order chi connectivity index (χ1) is 9.97. The Morgan fingerprint density at radius 2 is 1.71 bits per heavy atom. The molecule has 1 aromatic carbocycles. The number of benzene rings is 1. The SMILES string of the molecule is CC(C)(C)C(=O)CNc1ccccc1NC1CCCCC1. The maximum Gasteiger partial charge on any atom is 0.157 e. The predicted octanol–water partition coefficient (Wildman–Crippen LogP) is 4.46. The van der Waals surface area contributed by atoms with Crippen LogP contribution in [0.5, 0.6) is 0 Å². The second-order valence-corrected chi connectivity index (χ2v) is 7.05. The minimum Gasteiger partial charge on any atom is -0.381 e. The van der Waals surface area contributed by atoms with E-state index in [-0.39, 0.29) is 11.2 Å². The predicted molar refractivity (Wildman–Crippen MR) is 89.9 cm³/mol. The Morgan fingerprint density at radius 3 is 2.33 bits per heavy atom. The summed E-state index contributed by atoms with van der Waals surface area (Å²) in [5.74, 6) is 0.231. The first-order valence-electron chi connectivity index (χ1n) is 8.09. The molecule has 116 valence electrons. The van der Waals surface area contributed by atoms with Gasteiger partial charge in [0.05, 0.1) is 17.9 Å². The summed E-state index contributed by atoms with van der Waals surface area (Å²) in [7, 11) is 0. The number of carbonyl (C=O) groups is 1. The van der Waals surface area contributed by atoms with Gasteiger partial charge in [-0.2, -0.15) is 0 Å². The van der Waals surface area contributed by atoms with Crippen molar-refractivity contribution in [2.24, 2.45) is 5.41 Å². The zero-order chi connectivity index (χ0) is 15.3. The molecule has 0 radical (unpaired) electrons. The normalized spacial score (nSPS) is 16.5. The van der Waals surface area contributed by atoms with Gasteiger partial charge in [0.25, 0.3) is 0 Å². The van der Waals surface area contributed by atoms with Gasteiger partial charge < -0.3 is 10.6 Å². The Labute approximate surface area is 128 Å². The third-order valence-electron chi connectivity index (χ3n) is 4.17. The van der Waals surface area contributed by atoms with E-state index in [1.165, 1.54) is 32.1 Å². The standard InChI is InChI=1S/C18H28N2O/c1-18(2,3)17(21)13-19-15-11-7-8-12-16(15)20-14-9-5-4-6-10-14/h7-8,11-12,14,19-20H,4-6,9-10,13H2,1-3H3. The number of hydrogen-bond acceptors (Lipinski definition) is 3. The lowest BCUT2D eigenvalue weighted by atomic mass is 9.91. The van der Waals surface area contributed by atoms with E-state index in [4.69, 9.17) is 0 Å². The molecule has 0 spiro atoms. The highest BCUT2D eigenvalue weighted by Crippen LogP contribution is 2.27. The van der Waals surface area contributed by atoms with Crippen LogP contribution >= 0.6 is 0 Å². The molecule has 0 aliphatic heterocycles. The van der Waals surface area contributed by atoms with E-state index in [0.29, 0.717) is 12.6 Å². The van der Waals surface area contributed by atoms with E-state index in [1.807, 2.05) is 39.0 Å². The van der Waals surface area contributed by atoms with Crippen molar-refractivity contribution in [1.29, 1.82) is 0 Å². The number of nitrogens with one attached hydrogen (secondary N) is 2. The number of hydrogen-bond donors (Lipinski definition) is 2. The molecule has 21 heavy (non-hydrogen) atoms. The zero-order valence-electron chi connectivity index (χ0n) is 13.5. The summed E-state index contributed by atoms with van der Waals surface area (Å²) >= 11 is 0. The Morgan fingerprint density at radius 1 is 1.10 bits per heavy atom. The van der Waals surface area contributed by atoms with Gasteiger partial charge in [0, 0.05) is 11.5 Å². The topological polar surface area (TPSA) is 41.1 Å². The molecule has 2 N–H and O–H groups in total. The lowest BCUT2D eigenvalue weighted by Gasteiger charge is -2.25. The molecule has 0 saturated heterocycles. The van der Waals surface area contributed by atoms with Crippen LogP contribution in [0.3, 0.4) is 0 Å². The highest BCUT2D eigenvalue weighted by Gasteiger charge is 2.21. The van der Waals surface area contributed by atoms with Crippen LogP contribution < -0.4 is 10.6 Å². The Balaban J connectivity index is 1.98. The molecule has 0 unspecified atom stereocenters. The molecule has 1 aromatic rings. The van der Waals surface area contributed by atoms with Gasteiger partial charge in [0.2, 0.25) is 0 Å². The second-order valence-electron chi connectivity index (χ2n) is 7.05. The molecular formula is C18H28N2O. The highest BCUT2D eigenvalue weighted by molar-refractivity contribution is 5.88. The molecule has 3 heteroatoms. The molecule has 0 aromatic heterocycles. The molecule has 0 amide bonds. The van der Waals surface area contributed by atoms with E-state index in [0.717, 1.165) is 11.4 Å². The van der Waals surface area contributed by atoms with Gasteiger partial charge in [-0.05, 0) is 25.0 Å². The van der Waals surface area contributed by atoms with Gasteiger partial charge in [-0.1, -0.05) is 52.2 Å². The smallest absolute Gasteiger partial charge is 0.157 e. The van der Waals surface area contributed by atoms with Crippen LogP contribution in [0.2, 0.25) is 0 Å². The lowest BCUT2D eigenvalue weighted by molar-refractivity contribution is -0.124. The summed E-state index contributed by atoms with van der Waals surface area (Å²) in [6.07, 6.45) is 6.48. The average molecular weight is 288 g/mol. The molecule has 1 saturated carbocycles. The minimum atomic E-state index is -0.293. The fraction of sp³-hybridized carbons (Fsp3) is 0.611. The summed E-state index contributed by atoms with van der Waals surface area (Å²) in [5, 5.41) is 6.94. The van der Waals surface area contributed by atoms with Gasteiger partial charge >= 0.3 is 0 Å². The van der Waals surface area contributed by atoms with Crippen LogP contribution in [0.25, 0.3) is 0 Å². The number of ketones is 1. The maximum absolute atomic E-state index is 12.1. The van der Waals surface area contributed by atoms with E-state index in [1.54, 1.807) is 0 Å². The molecule has 0 bridgehead atoms. The van der Waals surface area contributed by atoms with Crippen molar-refractivity contribution < 1.29 is 4.79 Å². The van der Waals surface area contributed by atoms with E-state index >= 15 is 0 Å². The summed E-state index contributed by atoms with van der Waals surface area (Å²) in [6.45, 7) is 6.27. The number of anilines is 2. The number of carbonyl (C=O) groups excluding carboxylic acids is 1. The van der Waals surface area contributed by atoms with E-state index in [9.17, 15) is 4.79 Å². The van der Waals surface area contributed by atoms with Gasteiger partial charge in [0.15, 0.2) is 5.78 Å². The van der Waals surface area contributed by atoms with Crippen molar-refractivity contribution in [2.45, 2.75) is 58.9 Å². The fourth-order valence-corrected chi connectivity index (χ4v) is 2.67. The van der Waals surface area contributed by atoms with Gasteiger partial charge in [-0.15, -0.1) is 0 Å². The molecule has 3 nitrogen and oxygen atoms in total. The second kappa shape index (κ2) is 6.97. The van der Waals surface area contributed by atoms with Crippen molar-refractivity contribution >= 4 is 17.2 Å². The van der Waals surface area contributed by atoms with E-state index in [2.05, 4.69) is 16.7 Å². The molecular weight excluding hydrogens is 260 g/mol. The van der Waals surface area contributed by atoms with Crippen LogP contribution in [0, 0.1) is 5.41 Å². The van der Waals surface area contributed by atoms with Crippen molar-refractivity contribution in [2.75, 3.05) is 17.2 Å². The quantitative estimate of drug-likeness (QED) is 0.840. The van der Waals surface area contributed by atoms with Crippen LogP contribution in [-0.4, -0.2) is 18.4 Å². The molecule has 1 aliphatic rings. The maximum atomic E-state index is 12.1. The Kier molecular flexibility index (Phi) is 5.27.